The van der Waals surface area contributed by atoms with E-state index in [-0.39, 0.29) is 5.56 Å². The highest BCUT2D eigenvalue weighted by Crippen LogP contribution is 2.17. The number of aromatic nitrogens is 2. The van der Waals surface area contributed by atoms with Crippen LogP contribution >= 0.6 is 15.9 Å². The fourth-order valence-electron chi connectivity index (χ4n) is 1.89. The third-order valence-corrected chi connectivity index (χ3v) is 3.60. The van der Waals surface area contributed by atoms with Gasteiger partial charge in [0.2, 0.25) is 5.88 Å². The van der Waals surface area contributed by atoms with Gasteiger partial charge in [0.05, 0.1) is 5.69 Å². The summed E-state index contributed by atoms with van der Waals surface area (Å²) >= 11 is 3.30. The van der Waals surface area contributed by atoms with Crippen LogP contribution in [0.3, 0.4) is 0 Å². The maximum absolute atomic E-state index is 12.0. The van der Waals surface area contributed by atoms with E-state index < -0.39 is 17.1 Å². The summed E-state index contributed by atoms with van der Waals surface area (Å²) in [6.45, 7) is 2.60. The van der Waals surface area contributed by atoms with Crippen molar-refractivity contribution >= 4 is 22.1 Å². The minimum Gasteiger partial charge on any atom is -0.493 e. The van der Waals surface area contributed by atoms with Crippen LogP contribution in [0.4, 0.5) is 0 Å². The quantitative estimate of drug-likeness (QED) is 0.628. The molecule has 22 heavy (non-hydrogen) atoms. The van der Waals surface area contributed by atoms with Gasteiger partial charge in [-0.3, -0.25) is 14.8 Å². The van der Waals surface area contributed by atoms with E-state index in [1.807, 2.05) is 6.92 Å². The highest BCUT2D eigenvalue weighted by Gasteiger charge is 2.13. The Kier molecular flexibility index (Phi) is 5.32. The van der Waals surface area contributed by atoms with Crippen molar-refractivity contribution in [2.45, 2.75) is 19.8 Å². The smallest absolute Gasteiger partial charge is 0.335 e. The topological polar surface area (TPSA) is 87.4 Å². The van der Waals surface area contributed by atoms with Crippen LogP contribution in [-0.4, -0.2) is 27.4 Å². The monoisotopic (exact) mass is 365 g/mol. The van der Waals surface area contributed by atoms with E-state index in [1.165, 1.54) is 6.21 Å². The lowest BCUT2D eigenvalue weighted by Crippen LogP contribution is -2.31. The highest BCUT2D eigenvalue weighted by molar-refractivity contribution is 9.10. The Morgan fingerprint density at radius 1 is 1.32 bits per heavy atom. The maximum Gasteiger partial charge on any atom is 0.335 e. The Balaban J connectivity index is 2.51. The maximum atomic E-state index is 12.0. The standard InChI is InChI=1S/C15H16BrN3O3/c1-2-3-8-17-9-12-13(20)18-15(22)19(14(12)21)11-6-4-10(16)5-7-11/h4-7,9,21H,2-3,8H2,1H3,(H,18,20,22). The zero-order valence-electron chi connectivity index (χ0n) is 12.0. The van der Waals surface area contributed by atoms with Gasteiger partial charge in [-0.2, -0.15) is 0 Å². The molecule has 0 saturated heterocycles. The molecule has 0 aliphatic heterocycles. The second-order valence-electron chi connectivity index (χ2n) is 4.70. The molecule has 0 aliphatic rings. The zero-order chi connectivity index (χ0) is 16.1. The van der Waals surface area contributed by atoms with Crippen molar-refractivity contribution in [2.24, 2.45) is 4.99 Å². The summed E-state index contributed by atoms with van der Waals surface area (Å²) in [5.74, 6) is -0.420. The minimum atomic E-state index is -0.699. The number of halogens is 1. The molecule has 0 atom stereocenters. The predicted octanol–water partition coefficient (Wildman–Crippen LogP) is 2.21. The van der Waals surface area contributed by atoms with Crippen molar-refractivity contribution in [1.82, 2.24) is 9.55 Å². The molecule has 0 radical (unpaired) electrons. The molecular weight excluding hydrogens is 350 g/mol. The number of aromatic hydroxyl groups is 1. The van der Waals surface area contributed by atoms with Gasteiger partial charge < -0.3 is 5.11 Å². The van der Waals surface area contributed by atoms with Crippen molar-refractivity contribution in [2.75, 3.05) is 6.54 Å². The van der Waals surface area contributed by atoms with Gasteiger partial charge in [0.25, 0.3) is 5.56 Å². The second-order valence-corrected chi connectivity index (χ2v) is 5.61. The number of benzene rings is 1. The lowest BCUT2D eigenvalue weighted by molar-refractivity contribution is 0.430. The molecule has 0 saturated carbocycles. The molecule has 2 rings (SSSR count). The summed E-state index contributed by atoms with van der Waals surface area (Å²) in [6.07, 6.45) is 3.18. The SMILES string of the molecule is CCCCN=Cc1c(O)n(-c2ccc(Br)cc2)c(=O)[nH]c1=O. The predicted molar refractivity (Wildman–Crippen MR) is 89.4 cm³/mol. The van der Waals surface area contributed by atoms with E-state index in [2.05, 4.69) is 25.9 Å². The molecule has 6 nitrogen and oxygen atoms in total. The van der Waals surface area contributed by atoms with E-state index in [0.29, 0.717) is 12.2 Å². The highest BCUT2D eigenvalue weighted by atomic mass is 79.9. The van der Waals surface area contributed by atoms with Crippen molar-refractivity contribution in [1.29, 1.82) is 0 Å². The van der Waals surface area contributed by atoms with E-state index in [9.17, 15) is 14.7 Å². The lowest BCUT2D eigenvalue weighted by Gasteiger charge is -2.09. The van der Waals surface area contributed by atoms with Crippen LogP contribution in [0.15, 0.2) is 43.3 Å². The Morgan fingerprint density at radius 3 is 2.64 bits per heavy atom. The number of aromatic amines is 1. The summed E-state index contributed by atoms with van der Waals surface area (Å²) < 4.78 is 1.88. The fraction of sp³-hybridized carbons (Fsp3) is 0.267. The molecule has 0 fully saturated rings. The second kappa shape index (κ2) is 7.22. The van der Waals surface area contributed by atoms with Gasteiger partial charge in [-0.15, -0.1) is 0 Å². The van der Waals surface area contributed by atoms with E-state index in [1.54, 1.807) is 24.3 Å². The number of unbranched alkanes of at least 4 members (excludes halogenated alkanes) is 1. The molecule has 2 aromatic rings. The molecule has 0 bridgehead atoms. The number of hydrogen-bond acceptors (Lipinski definition) is 4. The molecular formula is C15H16BrN3O3. The molecule has 1 aromatic heterocycles. The number of nitrogens with zero attached hydrogens (tertiary/aromatic N) is 2. The largest absolute Gasteiger partial charge is 0.493 e. The van der Waals surface area contributed by atoms with E-state index >= 15 is 0 Å². The molecule has 116 valence electrons. The molecule has 7 heteroatoms. The van der Waals surface area contributed by atoms with Crippen LogP contribution in [0.25, 0.3) is 5.69 Å². The summed E-state index contributed by atoms with van der Waals surface area (Å²) in [6, 6.07) is 6.78. The van der Waals surface area contributed by atoms with Gasteiger partial charge in [0.15, 0.2) is 0 Å². The Bertz CT molecular complexity index is 791. The third-order valence-electron chi connectivity index (χ3n) is 3.07. The zero-order valence-corrected chi connectivity index (χ0v) is 13.6. The first-order valence-electron chi connectivity index (χ1n) is 6.88. The van der Waals surface area contributed by atoms with Crippen LogP contribution in [0, 0.1) is 0 Å². The average molecular weight is 366 g/mol. The van der Waals surface area contributed by atoms with Crippen molar-refractivity contribution in [3.8, 4) is 11.6 Å². The van der Waals surface area contributed by atoms with Gasteiger partial charge in [0.1, 0.15) is 5.56 Å². The molecule has 0 amide bonds. The van der Waals surface area contributed by atoms with Crippen LogP contribution in [0.5, 0.6) is 5.88 Å². The van der Waals surface area contributed by atoms with Gasteiger partial charge in [-0.1, -0.05) is 29.3 Å². The van der Waals surface area contributed by atoms with E-state index in [0.717, 1.165) is 21.9 Å². The molecule has 0 spiro atoms. The first-order valence-corrected chi connectivity index (χ1v) is 7.68. The number of nitrogens with one attached hydrogen (secondary N) is 1. The first kappa shape index (κ1) is 16.2. The van der Waals surface area contributed by atoms with Crippen LogP contribution in [0.1, 0.15) is 25.3 Å². The van der Waals surface area contributed by atoms with Crippen LogP contribution < -0.4 is 11.2 Å². The number of H-pyrrole nitrogens is 1. The van der Waals surface area contributed by atoms with Crippen molar-refractivity contribution in [3.63, 3.8) is 0 Å². The number of hydrogen-bond donors (Lipinski definition) is 2. The van der Waals surface area contributed by atoms with Gasteiger partial charge >= 0.3 is 5.69 Å². The fourth-order valence-corrected chi connectivity index (χ4v) is 2.15. The third kappa shape index (κ3) is 3.54. The molecule has 2 N–H and O–H groups in total. The molecule has 1 aromatic carbocycles. The van der Waals surface area contributed by atoms with Crippen LogP contribution in [-0.2, 0) is 0 Å². The minimum absolute atomic E-state index is 0.0291. The summed E-state index contributed by atoms with van der Waals surface area (Å²) in [4.78, 5) is 30.1. The first-order chi connectivity index (χ1) is 10.5. The van der Waals surface area contributed by atoms with Crippen LogP contribution in [0.2, 0.25) is 0 Å². The molecule has 0 unspecified atom stereocenters. The normalized spacial score (nSPS) is 11.2. The van der Waals surface area contributed by atoms with Gasteiger partial charge in [-0.05, 0) is 30.7 Å². The Morgan fingerprint density at radius 2 is 2.00 bits per heavy atom. The number of rotatable bonds is 5. The average Bonchev–Trinajstić information content (AvgIpc) is 2.48. The van der Waals surface area contributed by atoms with E-state index in [4.69, 9.17) is 0 Å². The summed E-state index contributed by atoms with van der Waals surface area (Å²) in [7, 11) is 0. The number of aliphatic imine (C=N–C) groups is 1. The summed E-state index contributed by atoms with van der Waals surface area (Å²) in [5.41, 5.74) is -0.935. The Labute approximate surface area is 135 Å². The summed E-state index contributed by atoms with van der Waals surface area (Å²) in [5, 5.41) is 10.3. The van der Waals surface area contributed by atoms with Crippen molar-refractivity contribution in [3.05, 3.63) is 55.1 Å². The molecule has 0 aliphatic carbocycles. The van der Waals surface area contributed by atoms with Gasteiger partial charge in [0, 0.05) is 17.2 Å². The van der Waals surface area contributed by atoms with Crippen molar-refractivity contribution < 1.29 is 5.11 Å². The Hall–Kier alpha value is -2.15. The van der Waals surface area contributed by atoms with Gasteiger partial charge in [-0.25, -0.2) is 9.36 Å². The molecule has 1 heterocycles. The lowest BCUT2D eigenvalue weighted by atomic mass is 10.3.